The largest absolute Gasteiger partial charge is 0.481 e. The van der Waals surface area contributed by atoms with Gasteiger partial charge >= 0.3 is 12.1 Å². The van der Waals surface area contributed by atoms with Crippen molar-refractivity contribution in [3.8, 4) is 0 Å². The molecule has 1 aliphatic rings. The van der Waals surface area contributed by atoms with Crippen LogP contribution < -0.4 is 10.2 Å². The molecule has 0 spiro atoms. The second kappa shape index (κ2) is 11.1. The summed E-state index contributed by atoms with van der Waals surface area (Å²) in [5.74, 6) is -0.727. The van der Waals surface area contributed by atoms with E-state index in [9.17, 15) is 23.1 Å². The SMILES string of the molecule is CC(C)CN(c1ccc(C(C)CC(=O)O)cc1Nc1ccc(C(F)(F)F)nc1)C1CCOCC1. The average Bonchev–Trinajstić information content (AvgIpc) is 2.77. The van der Waals surface area contributed by atoms with Gasteiger partial charge in [0.25, 0.3) is 0 Å². The monoisotopic (exact) mass is 479 g/mol. The minimum atomic E-state index is -4.51. The molecule has 2 N–H and O–H groups in total. The molecule has 1 atom stereocenters. The zero-order valence-electron chi connectivity index (χ0n) is 19.7. The lowest BCUT2D eigenvalue weighted by Crippen LogP contribution is -2.42. The number of ether oxygens (including phenoxy) is 1. The summed E-state index contributed by atoms with van der Waals surface area (Å²) < 4.78 is 44.4. The van der Waals surface area contributed by atoms with Crippen molar-refractivity contribution < 1.29 is 27.8 Å². The molecule has 1 saturated heterocycles. The van der Waals surface area contributed by atoms with Gasteiger partial charge in [0.15, 0.2) is 0 Å². The van der Waals surface area contributed by atoms with Crippen molar-refractivity contribution in [3.05, 3.63) is 47.8 Å². The van der Waals surface area contributed by atoms with Crippen LogP contribution in [0.1, 0.15) is 57.2 Å². The number of nitrogens with one attached hydrogen (secondary N) is 1. The van der Waals surface area contributed by atoms with E-state index >= 15 is 0 Å². The Morgan fingerprint density at radius 1 is 1.21 bits per heavy atom. The number of alkyl halides is 3. The summed E-state index contributed by atoms with van der Waals surface area (Å²) in [6.07, 6.45) is -1.60. The second-order valence-electron chi connectivity index (χ2n) is 9.22. The van der Waals surface area contributed by atoms with Crippen molar-refractivity contribution >= 4 is 23.0 Å². The summed E-state index contributed by atoms with van der Waals surface area (Å²) in [7, 11) is 0. The Morgan fingerprint density at radius 2 is 1.91 bits per heavy atom. The highest BCUT2D eigenvalue weighted by atomic mass is 19.4. The van der Waals surface area contributed by atoms with E-state index in [2.05, 4.69) is 29.0 Å². The van der Waals surface area contributed by atoms with Crippen LogP contribution in [0.15, 0.2) is 36.5 Å². The first-order valence-corrected chi connectivity index (χ1v) is 11.5. The number of benzene rings is 1. The molecule has 2 aromatic rings. The van der Waals surface area contributed by atoms with E-state index in [1.807, 2.05) is 25.1 Å². The normalized spacial score (nSPS) is 15.9. The highest BCUT2D eigenvalue weighted by molar-refractivity contribution is 5.77. The van der Waals surface area contributed by atoms with E-state index < -0.39 is 17.8 Å². The lowest BCUT2D eigenvalue weighted by atomic mass is 9.95. The summed E-state index contributed by atoms with van der Waals surface area (Å²) in [5, 5.41) is 12.5. The number of anilines is 3. The molecule has 0 aliphatic carbocycles. The Labute approximate surface area is 198 Å². The molecule has 1 aliphatic heterocycles. The van der Waals surface area contributed by atoms with Gasteiger partial charge in [0.1, 0.15) is 5.69 Å². The molecule has 1 aromatic carbocycles. The molecule has 1 unspecified atom stereocenters. The molecular weight excluding hydrogens is 447 g/mol. The zero-order valence-corrected chi connectivity index (χ0v) is 19.7. The van der Waals surface area contributed by atoms with Gasteiger partial charge in [0.2, 0.25) is 0 Å². The fourth-order valence-electron chi connectivity index (χ4n) is 4.22. The van der Waals surface area contributed by atoms with Gasteiger partial charge in [0, 0.05) is 25.8 Å². The van der Waals surface area contributed by atoms with Gasteiger partial charge in [-0.3, -0.25) is 4.79 Å². The standard InChI is InChI=1S/C25H32F3N3O3/c1-16(2)15-31(20-8-10-34-11-9-20)22-6-4-18(17(3)12-24(32)33)13-21(22)30-19-5-7-23(29-14-19)25(26,27)28/h4-7,13-14,16-17,20,30H,8-12,15H2,1-3H3,(H,32,33). The predicted octanol–water partition coefficient (Wildman–Crippen LogP) is 6.06. The van der Waals surface area contributed by atoms with Crippen LogP contribution in [0, 0.1) is 5.92 Å². The van der Waals surface area contributed by atoms with Gasteiger partial charge in [-0.2, -0.15) is 13.2 Å². The van der Waals surface area contributed by atoms with Gasteiger partial charge in [-0.1, -0.05) is 26.8 Å². The molecule has 0 radical (unpaired) electrons. The van der Waals surface area contributed by atoms with Crippen molar-refractivity contribution in [1.82, 2.24) is 4.98 Å². The van der Waals surface area contributed by atoms with Crippen LogP contribution in [0.3, 0.4) is 0 Å². The number of carboxylic acids is 1. The van der Waals surface area contributed by atoms with Gasteiger partial charge in [-0.15, -0.1) is 0 Å². The Morgan fingerprint density at radius 3 is 2.47 bits per heavy atom. The third-order valence-electron chi connectivity index (χ3n) is 5.91. The van der Waals surface area contributed by atoms with Crippen LogP contribution >= 0.6 is 0 Å². The quantitative estimate of drug-likeness (QED) is 0.455. The lowest BCUT2D eigenvalue weighted by molar-refractivity contribution is -0.141. The molecule has 3 rings (SSSR count). The summed E-state index contributed by atoms with van der Waals surface area (Å²) in [6, 6.07) is 8.38. The molecule has 0 bridgehead atoms. The molecular formula is C25H32F3N3O3. The van der Waals surface area contributed by atoms with Crippen LogP contribution in [0.4, 0.5) is 30.2 Å². The lowest BCUT2D eigenvalue weighted by Gasteiger charge is -2.38. The number of carboxylic acid groups (broad SMARTS) is 1. The maximum Gasteiger partial charge on any atom is 0.433 e. The van der Waals surface area contributed by atoms with Crippen LogP contribution in [0.5, 0.6) is 0 Å². The molecule has 1 aromatic heterocycles. The highest BCUT2D eigenvalue weighted by Gasteiger charge is 2.32. The summed E-state index contributed by atoms with van der Waals surface area (Å²) in [6.45, 7) is 8.29. The molecule has 186 valence electrons. The van der Waals surface area contributed by atoms with Crippen molar-refractivity contribution in [2.75, 3.05) is 30.0 Å². The average molecular weight is 480 g/mol. The Balaban J connectivity index is 2.00. The number of halogens is 3. The first-order chi connectivity index (χ1) is 16.0. The van der Waals surface area contributed by atoms with Crippen LogP contribution in [-0.4, -0.2) is 41.9 Å². The summed E-state index contributed by atoms with van der Waals surface area (Å²) in [4.78, 5) is 17.1. The van der Waals surface area contributed by atoms with Crippen molar-refractivity contribution in [1.29, 1.82) is 0 Å². The number of pyridine rings is 1. The fraction of sp³-hybridized carbons (Fsp3) is 0.520. The van der Waals surface area contributed by atoms with Gasteiger partial charge in [-0.25, -0.2) is 4.98 Å². The minimum absolute atomic E-state index is 0.0176. The fourth-order valence-corrected chi connectivity index (χ4v) is 4.22. The Hall–Kier alpha value is -2.81. The second-order valence-corrected chi connectivity index (χ2v) is 9.22. The zero-order chi connectivity index (χ0) is 24.9. The molecule has 1 fully saturated rings. The molecule has 9 heteroatoms. The number of hydrogen-bond acceptors (Lipinski definition) is 5. The van der Waals surface area contributed by atoms with Crippen molar-refractivity contribution in [2.45, 2.75) is 58.2 Å². The van der Waals surface area contributed by atoms with Gasteiger partial charge in [0.05, 0.1) is 29.7 Å². The molecule has 0 amide bonds. The molecule has 34 heavy (non-hydrogen) atoms. The minimum Gasteiger partial charge on any atom is -0.481 e. The summed E-state index contributed by atoms with van der Waals surface area (Å²) in [5.41, 5.74) is 1.94. The van der Waals surface area contributed by atoms with E-state index in [4.69, 9.17) is 4.74 Å². The third kappa shape index (κ3) is 6.85. The highest BCUT2D eigenvalue weighted by Crippen LogP contribution is 2.36. The summed E-state index contributed by atoms with van der Waals surface area (Å²) >= 11 is 0. The molecule has 6 nitrogen and oxygen atoms in total. The number of hydrogen-bond donors (Lipinski definition) is 2. The Bertz CT molecular complexity index is 958. The topological polar surface area (TPSA) is 74.7 Å². The van der Waals surface area contributed by atoms with E-state index in [0.29, 0.717) is 30.5 Å². The van der Waals surface area contributed by atoms with Crippen molar-refractivity contribution in [3.63, 3.8) is 0 Å². The van der Waals surface area contributed by atoms with E-state index in [-0.39, 0.29) is 18.4 Å². The third-order valence-corrected chi connectivity index (χ3v) is 5.91. The molecule has 0 saturated carbocycles. The van der Waals surface area contributed by atoms with E-state index in [0.717, 1.165) is 36.7 Å². The number of rotatable bonds is 9. The predicted molar refractivity (Wildman–Crippen MR) is 126 cm³/mol. The number of aromatic nitrogens is 1. The number of carbonyl (C=O) groups is 1. The molecule has 2 heterocycles. The number of aliphatic carboxylic acids is 1. The smallest absolute Gasteiger partial charge is 0.433 e. The van der Waals surface area contributed by atoms with Gasteiger partial charge in [-0.05, 0) is 54.5 Å². The maximum absolute atomic E-state index is 12.9. The first kappa shape index (κ1) is 25.8. The maximum atomic E-state index is 12.9. The van der Waals surface area contributed by atoms with Crippen LogP contribution in [0.2, 0.25) is 0 Å². The van der Waals surface area contributed by atoms with Crippen LogP contribution in [-0.2, 0) is 15.7 Å². The van der Waals surface area contributed by atoms with Crippen molar-refractivity contribution in [2.24, 2.45) is 5.92 Å². The van der Waals surface area contributed by atoms with E-state index in [1.54, 1.807) is 0 Å². The first-order valence-electron chi connectivity index (χ1n) is 11.5. The van der Waals surface area contributed by atoms with Crippen LogP contribution in [0.25, 0.3) is 0 Å². The Kier molecular flexibility index (Phi) is 8.41. The van der Waals surface area contributed by atoms with Gasteiger partial charge < -0.3 is 20.1 Å². The van der Waals surface area contributed by atoms with E-state index in [1.165, 1.54) is 12.3 Å². The number of nitrogens with zero attached hydrogens (tertiary/aromatic N) is 2.